The van der Waals surface area contributed by atoms with Gasteiger partial charge in [-0.2, -0.15) is 0 Å². The third-order valence-electron chi connectivity index (χ3n) is 5.13. The molecule has 0 radical (unpaired) electrons. The van der Waals surface area contributed by atoms with Gasteiger partial charge in [0.1, 0.15) is 0 Å². The number of halogens is 4. The molecule has 1 aliphatic rings. The fraction of sp³-hybridized carbons (Fsp3) is 0.429. The highest BCUT2D eigenvalue weighted by Gasteiger charge is 2.21. The zero-order chi connectivity index (χ0) is 18.5. The van der Waals surface area contributed by atoms with Crippen molar-refractivity contribution in [1.29, 1.82) is 0 Å². The van der Waals surface area contributed by atoms with E-state index in [1.54, 1.807) is 0 Å². The molecule has 0 bridgehead atoms. The molecule has 0 aromatic heterocycles. The quantitative estimate of drug-likeness (QED) is 0.504. The first-order valence-corrected chi connectivity index (χ1v) is 10.7. The van der Waals surface area contributed by atoms with Crippen molar-refractivity contribution in [2.75, 3.05) is 0 Å². The molecule has 2 aromatic carbocycles. The molecule has 2 aromatic rings. The summed E-state index contributed by atoms with van der Waals surface area (Å²) in [4.78, 5) is 0. The Morgan fingerprint density at radius 2 is 1.19 bits per heavy atom. The number of hydrogen-bond donors (Lipinski definition) is 1. The van der Waals surface area contributed by atoms with Crippen molar-refractivity contribution in [3.05, 3.63) is 67.6 Å². The van der Waals surface area contributed by atoms with Crippen LogP contribution in [0.2, 0.25) is 20.1 Å². The van der Waals surface area contributed by atoms with Crippen molar-refractivity contribution < 1.29 is 0 Å². The van der Waals surface area contributed by atoms with E-state index >= 15 is 0 Å². The van der Waals surface area contributed by atoms with Crippen LogP contribution in [-0.2, 0) is 12.8 Å². The Labute approximate surface area is 176 Å². The lowest BCUT2D eigenvalue weighted by Gasteiger charge is -2.31. The summed E-state index contributed by atoms with van der Waals surface area (Å²) in [5.74, 6) is 0. The molecule has 1 heterocycles. The fourth-order valence-corrected chi connectivity index (χ4v) is 4.68. The molecule has 0 saturated carbocycles. The van der Waals surface area contributed by atoms with E-state index in [9.17, 15) is 0 Å². The van der Waals surface area contributed by atoms with Gasteiger partial charge in [-0.3, -0.25) is 0 Å². The molecule has 2 atom stereocenters. The van der Waals surface area contributed by atoms with Gasteiger partial charge in [0.25, 0.3) is 0 Å². The van der Waals surface area contributed by atoms with Crippen LogP contribution >= 0.6 is 46.4 Å². The van der Waals surface area contributed by atoms with Crippen molar-refractivity contribution in [1.82, 2.24) is 5.32 Å². The van der Waals surface area contributed by atoms with Crippen LogP contribution in [0.5, 0.6) is 0 Å². The summed E-state index contributed by atoms with van der Waals surface area (Å²) in [5, 5.41) is 6.73. The van der Waals surface area contributed by atoms with Crippen LogP contribution in [0, 0.1) is 0 Å². The number of hydrogen-bond acceptors (Lipinski definition) is 1. The van der Waals surface area contributed by atoms with Gasteiger partial charge in [-0.25, -0.2) is 0 Å². The minimum Gasteiger partial charge on any atom is -0.311 e. The van der Waals surface area contributed by atoms with E-state index < -0.39 is 0 Å². The predicted molar refractivity (Wildman–Crippen MR) is 114 cm³/mol. The minimum atomic E-state index is 0.543. The van der Waals surface area contributed by atoms with Crippen LogP contribution in [0.15, 0.2) is 36.4 Å². The fourth-order valence-electron chi connectivity index (χ4n) is 3.67. The summed E-state index contributed by atoms with van der Waals surface area (Å²) in [5.41, 5.74) is 2.35. The Balaban J connectivity index is 1.49. The topological polar surface area (TPSA) is 12.0 Å². The standard InChI is InChI=1S/C21H23Cl4N/c22-16-8-4-14(20(24)12-16)6-10-18-2-1-3-19(26-18)11-7-15-5-9-17(23)13-21(15)25/h4-5,8-9,12-13,18-19,26H,1-3,6-7,10-11H2/t18-,19+. The molecule has 5 heteroatoms. The highest BCUT2D eigenvalue weighted by molar-refractivity contribution is 6.35. The molecule has 26 heavy (non-hydrogen) atoms. The van der Waals surface area contributed by atoms with E-state index in [0.717, 1.165) is 35.7 Å². The highest BCUT2D eigenvalue weighted by atomic mass is 35.5. The lowest BCUT2D eigenvalue weighted by atomic mass is 9.91. The first-order valence-electron chi connectivity index (χ1n) is 9.15. The van der Waals surface area contributed by atoms with E-state index in [1.807, 2.05) is 36.4 Å². The smallest absolute Gasteiger partial charge is 0.0452 e. The zero-order valence-corrected chi connectivity index (χ0v) is 17.6. The molecule has 1 aliphatic heterocycles. The van der Waals surface area contributed by atoms with Crippen LogP contribution in [0.1, 0.15) is 43.2 Å². The molecule has 1 nitrogen and oxygen atoms in total. The molecule has 1 saturated heterocycles. The van der Waals surface area contributed by atoms with Gasteiger partial charge < -0.3 is 5.32 Å². The molecule has 1 fully saturated rings. The van der Waals surface area contributed by atoms with Gasteiger partial charge in [-0.05, 0) is 73.9 Å². The first-order chi connectivity index (χ1) is 12.5. The highest BCUT2D eigenvalue weighted by Crippen LogP contribution is 2.26. The van der Waals surface area contributed by atoms with Crippen LogP contribution in [0.25, 0.3) is 0 Å². The van der Waals surface area contributed by atoms with Crippen molar-refractivity contribution in [2.24, 2.45) is 0 Å². The molecular weight excluding hydrogens is 408 g/mol. The van der Waals surface area contributed by atoms with E-state index in [1.165, 1.54) is 30.4 Å². The van der Waals surface area contributed by atoms with Crippen molar-refractivity contribution in [3.63, 3.8) is 0 Å². The van der Waals surface area contributed by atoms with Gasteiger partial charge in [0.05, 0.1) is 0 Å². The van der Waals surface area contributed by atoms with Crippen LogP contribution in [0.3, 0.4) is 0 Å². The molecular formula is C21H23Cl4N. The molecule has 0 unspecified atom stereocenters. The maximum Gasteiger partial charge on any atom is 0.0452 e. The Bertz CT molecular complexity index is 685. The molecule has 0 aliphatic carbocycles. The van der Waals surface area contributed by atoms with Gasteiger partial charge in [-0.1, -0.05) is 65.0 Å². The lowest BCUT2D eigenvalue weighted by Crippen LogP contribution is -2.42. The second kappa shape index (κ2) is 9.66. The van der Waals surface area contributed by atoms with Gasteiger partial charge in [0, 0.05) is 32.2 Å². The predicted octanol–water partition coefficient (Wildman–Crippen LogP) is 7.38. The number of piperidine rings is 1. The molecule has 0 amide bonds. The van der Waals surface area contributed by atoms with Crippen LogP contribution in [-0.4, -0.2) is 12.1 Å². The third-order valence-corrected chi connectivity index (χ3v) is 6.30. The zero-order valence-electron chi connectivity index (χ0n) is 14.6. The van der Waals surface area contributed by atoms with Gasteiger partial charge in [-0.15, -0.1) is 0 Å². The average molecular weight is 431 g/mol. The lowest BCUT2D eigenvalue weighted by molar-refractivity contribution is 0.297. The largest absolute Gasteiger partial charge is 0.311 e. The Morgan fingerprint density at radius 3 is 1.62 bits per heavy atom. The molecule has 140 valence electrons. The van der Waals surface area contributed by atoms with E-state index in [0.29, 0.717) is 22.1 Å². The van der Waals surface area contributed by atoms with E-state index in [-0.39, 0.29) is 0 Å². The van der Waals surface area contributed by atoms with E-state index in [2.05, 4.69) is 5.32 Å². The number of rotatable bonds is 6. The third kappa shape index (κ3) is 5.78. The summed E-state index contributed by atoms with van der Waals surface area (Å²) in [7, 11) is 0. The van der Waals surface area contributed by atoms with Crippen LogP contribution in [0.4, 0.5) is 0 Å². The monoisotopic (exact) mass is 429 g/mol. The van der Waals surface area contributed by atoms with Crippen molar-refractivity contribution in [3.8, 4) is 0 Å². The maximum absolute atomic E-state index is 6.29. The minimum absolute atomic E-state index is 0.543. The van der Waals surface area contributed by atoms with E-state index in [4.69, 9.17) is 46.4 Å². The van der Waals surface area contributed by atoms with Crippen molar-refractivity contribution in [2.45, 2.75) is 57.0 Å². The Kier molecular flexibility index (Phi) is 7.54. The average Bonchev–Trinajstić information content (AvgIpc) is 2.61. The summed E-state index contributed by atoms with van der Waals surface area (Å²) in [6.45, 7) is 0. The Hall–Kier alpha value is -0.440. The SMILES string of the molecule is Clc1ccc(CC[C@H]2CCC[C@@H](CCc3ccc(Cl)cc3Cl)N2)c(Cl)c1. The summed E-state index contributed by atoms with van der Waals surface area (Å²) < 4.78 is 0. The second-order valence-corrected chi connectivity index (χ2v) is 8.73. The number of nitrogens with one attached hydrogen (secondary N) is 1. The number of aryl methyl sites for hydroxylation is 2. The van der Waals surface area contributed by atoms with Crippen LogP contribution < -0.4 is 5.32 Å². The van der Waals surface area contributed by atoms with Gasteiger partial charge in [0.15, 0.2) is 0 Å². The summed E-state index contributed by atoms with van der Waals surface area (Å²) in [6, 6.07) is 12.6. The second-order valence-electron chi connectivity index (χ2n) is 7.04. The summed E-state index contributed by atoms with van der Waals surface area (Å²) >= 11 is 24.5. The maximum atomic E-state index is 6.29. The molecule has 1 N–H and O–H groups in total. The van der Waals surface area contributed by atoms with Gasteiger partial charge in [0.2, 0.25) is 0 Å². The first kappa shape index (κ1) is 20.3. The number of benzene rings is 2. The van der Waals surface area contributed by atoms with Crippen molar-refractivity contribution >= 4 is 46.4 Å². The Morgan fingerprint density at radius 1 is 0.731 bits per heavy atom. The summed E-state index contributed by atoms with van der Waals surface area (Å²) in [6.07, 6.45) is 7.86. The molecule has 3 rings (SSSR count). The normalized spacial score (nSPS) is 20.3. The van der Waals surface area contributed by atoms with Gasteiger partial charge >= 0.3 is 0 Å². The molecule has 0 spiro atoms.